The number of hydrogen-bond acceptors (Lipinski definition) is 18. The van der Waals surface area contributed by atoms with Gasteiger partial charge in [0, 0.05) is 116 Å². The molecule has 0 saturated heterocycles. The number of aryl methyl sites for hydroxylation is 3. The van der Waals surface area contributed by atoms with Crippen molar-refractivity contribution in [2.24, 2.45) is 17.6 Å². The van der Waals surface area contributed by atoms with Crippen LogP contribution in [0.2, 0.25) is 10.6 Å². The normalized spacial score (nSPS) is 12.3. The van der Waals surface area contributed by atoms with Crippen molar-refractivity contribution < 1.29 is 23.8 Å². The van der Waals surface area contributed by atoms with Gasteiger partial charge in [0.05, 0.1) is 45.5 Å². The van der Waals surface area contributed by atoms with E-state index in [-0.39, 0.29) is 51.3 Å². The van der Waals surface area contributed by atoms with Gasteiger partial charge in [-0.15, -0.1) is 12.4 Å². The molecule has 2 aliphatic carbocycles. The number of amides is 4. The number of carbonyl (C=O) groups excluding carboxylic acids is 2. The van der Waals surface area contributed by atoms with E-state index in [0.717, 1.165) is 96.6 Å². The predicted octanol–water partition coefficient (Wildman–Crippen LogP) is 22.7. The second-order valence-electron chi connectivity index (χ2n) is 32.8. The highest BCUT2D eigenvalue weighted by Crippen LogP contribution is 2.39. The monoisotopic (exact) mass is 1690 g/mol. The number of nitrogens with two attached hydrogens (primary N) is 3. The summed E-state index contributed by atoms with van der Waals surface area (Å²) in [5.41, 5.74) is 27.8. The molecule has 0 spiro atoms. The van der Waals surface area contributed by atoms with Gasteiger partial charge >= 0.3 is 12.1 Å². The average molecular weight is 1700 g/mol. The van der Waals surface area contributed by atoms with Crippen molar-refractivity contribution in [3.05, 3.63) is 281 Å². The summed E-state index contributed by atoms with van der Waals surface area (Å²) in [7, 11) is 0. The molecular weight excluding hydrogens is 1600 g/mol. The van der Waals surface area contributed by atoms with Gasteiger partial charge in [-0.05, 0) is 161 Å². The minimum absolute atomic E-state index is 0. The molecule has 11 N–H and O–H groups in total. The third-order valence-corrected chi connectivity index (χ3v) is 20.1. The second-order valence-corrected chi connectivity index (χ2v) is 33.5. The topological polar surface area (TPSA) is 331 Å². The molecule has 9 aromatic carbocycles. The molecule has 2 aliphatic rings. The first-order chi connectivity index (χ1) is 57.9. The Morgan fingerprint density at radius 1 is 0.418 bits per heavy atom. The molecule has 15 aromatic rings. The summed E-state index contributed by atoms with van der Waals surface area (Å²) >= 11 is 11.6. The van der Waals surface area contributed by atoms with Gasteiger partial charge in [-0.1, -0.05) is 188 Å². The minimum atomic E-state index is -0.389. The van der Waals surface area contributed by atoms with E-state index in [1.54, 1.807) is 62.8 Å². The minimum Gasteiger partial charge on any atom is -0.438 e. The van der Waals surface area contributed by atoms with E-state index in [1.165, 1.54) is 37.4 Å². The number of aromatic nitrogens is 12. The molecule has 122 heavy (non-hydrogen) atoms. The van der Waals surface area contributed by atoms with E-state index in [1.807, 2.05) is 184 Å². The van der Waals surface area contributed by atoms with Crippen LogP contribution in [0.3, 0.4) is 0 Å². The zero-order valence-corrected chi connectivity index (χ0v) is 72.5. The Kier molecular flexibility index (Phi) is 28.1. The number of rotatable bonds is 17. The highest BCUT2D eigenvalue weighted by Gasteiger charge is 2.27. The number of fused-ring (bicyclic) bond motifs is 3. The molecule has 25 nitrogen and oxygen atoms in total. The Hall–Kier alpha value is -13.2. The summed E-state index contributed by atoms with van der Waals surface area (Å²) in [6.45, 7) is 26.9. The van der Waals surface area contributed by atoms with Crippen LogP contribution < -0.4 is 58.0 Å². The zero-order chi connectivity index (χ0) is 85.7. The zero-order valence-electron chi connectivity index (χ0n) is 70.2. The van der Waals surface area contributed by atoms with E-state index in [4.69, 9.17) is 64.8 Å². The number of ether oxygens (including phenoxy) is 3. The highest BCUT2D eigenvalue weighted by molar-refractivity contribution is 6.28. The first-order valence-electron chi connectivity index (χ1n) is 40.0. The molecular formula is C94H101Cl3N20O5. The van der Waals surface area contributed by atoms with Gasteiger partial charge in [0.15, 0.2) is 0 Å². The van der Waals surface area contributed by atoms with Crippen LogP contribution in [0, 0.1) is 32.6 Å². The van der Waals surface area contributed by atoms with Gasteiger partial charge in [0.25, 0.3) is 0 Å². The third kappa shape index (κ3) is 23.4. The van der Waals surface area contributed by atoms with Gasteiger partial charge in [-0.3, -0.25) is 10.6 Å². The fourth-order valence-electron chi connectivity index (χ4n) is 12.4. The van der Waals surface area contributed by atoms with E-state index in [9.17, 15) is 9.59 Å². The van der Waals surface area contributed by atoms with Gasteiger partial charge in [0.2, 0.25) is 34.2 Å². The summed E-state index contributed by atoms with van der Waals surface area (Å²) in [5, 5.41) is 34.9. The summed E-state index contributed by atoms with van der Waals surface area (Å²) in [5.74, 6) is 7.08. The number of halogens is 3. The number of benzene rings is 9. The lowest BCUT2D eigenvalue weighted by molar-refractivity contribution is 0.261. The summed E-state index contributed by atoms with van der Waals surface area (Å²) in [6.07, 6.45) is 10.0. The molecule has 628 valence electrons. The van der Waals surface area contributed by atoms with Crippen molar-refractivity contribution in [1.29, 1.82) is 0 Å². The third-order valence-electron chi connectivity index (χ3n) is 19.7. The number of nitrogen functional groups attached to an aromatic ring is 2. The average Bonchev–Trinajstić information content (AvgIpc) is 1.54. The number of carbonyl (C=O) groups is 2. The van der Waals surface area contributed by atoms with Crippen LogP contribution in [0.1, 0.15) is 122 Å². The van der Waals surface area contributed by atoms with Crippen molar-refractivity contribution in [2.75, 3.05) is 51.1 Å². The van der Waals surface area contributed by atoms with Gasteiger partial charge in [0.1, 0.15) is 34.7 Å². The van der Waals surface area contributed by atoms with Crippen molar-refractivity contribution >= 4 is 120 Å². The molecule has 0 bridgehead atoms. The second kappa shape index (κ2) is 38.9. The van der Waals surface area contributed by atoms with Crippen molar-refractivity contribution in [3.63, 3.8) is 0 Å². The molecule has 0 aliphatic heterocycles. The Labute approximate surface area is 726 Å². The molecule has 6 aromatic heterocycles. The fourth-order valence-corrected chi connectivity index (χ4v) is 12.7. The Morgan fingerprint density at radius 2 is 0.770 bits per heavy atom. The van der Waals surface area contributed by atoms with Crippen LogP contribution in [0.5, 0.6) is 34.9 Å². The van der Waals surface area contributed by atoms with Crippen LogP contribution in [-0.2, 0) is 16.2 Å². The lowest BCUT2D eigenvalue weighted by atomic mass is 9.92. The van der Waals surface area contributed by atoms with Crippen LogP contribution in [0.4, 0.5) is 50.1 Å². The maximum atomic E-state index is 13.3. The Morgan fingerprint density at radius 3 is 1.15 bits per heavy atom. The van der Waals surface area contributed by atoms with Gasteiger partial charge < -0.3 is 47.4 Å². The van der Waals surface area contributed by atoms with Gasteiger partial charge in [-0.2, -0.15) is 30.2 Å². The van der Waals surface area contributed by atoms with Crippen LogP contribution in [0.15, 0.2) is 237 Å². The fraction of sp³-hybridized carbons (Fsp3) is 0.245. The molecule has 6 heterocycles. The quantitative estimate of drug-likeness (QED) is 0.0310. The number of nitrogens with zero attached hydrogens (tertiary/aromatic N) is 12. The maximum Gasteiger partial charge on any atom is 0.324 e. The largest absolute Gasteiger partial charge is 0.438 e. The van der Waals surface area contributed by atoms with Crippen molar-refractivity contribution in [3.8, 4) is 52.0 Å². The van der Waals surface area contributed by atoms with Crippen molar-refractivity contribution in [2.45, 2.75) is 125 Å². The van der Waals surface area contributed by atoms with E-state index in [0.29, 0.717) is 81.3 Å². The Balaban J connectivity index is 0.000000154. The number of anilines is 7. The van der Waals surface area contributed by atoms with Gasteiger partial charge in [-0.25, -0.2) is 38.6 Å². The summed E-state index contributed by atoms with van der Waals surface area (Å²) in [6, 6.07) is 68.3. The van der Waals surface area contributed by atoms with Crippen LogP contribution >= 0.6 is 35.6 Å². The molecule has 28 heteroatoms. The molecule has 0 unspecified atom stereocenters. The van der Waals surface area contributed by atoms with E-state index in [2.05, 4.69) is 143 Å². The van der Waals surface area contributed by atoms with Crippen molar-refractivity contribution in [1.82, 2.24) is 59.2 Å². The van der Waals surface area contributed by atoms with Crippen LogP contribution in [-0.4, -0.2) is 84.4 Å². The molecule has 0 atom stereocenters. The molecule has 17 rings (SSSR count). The number of urea groups is 2. The summed E-state index contributed by atoms with van der Waals surface area (Å²) in [4.78, 5) is 51.2. The lowest BCUT2D eigenvalue weighted by Crippen LogP contribution is -2.21. The lowest BCUT2D eigenvalue weighted by Gasteiger charge is -2.14. The molecule has 4 amide bonds. The molecule has 2 saturated carbocycles. The molecule has 2 fully saturated rings. The number of nitrogens with one attached hydrogen (secondary N) is 5. The predicted molar refractivity (Wildman–Crippen MR) is 494 cm³/mol. The van der Waals surface area contributed by atoms with Crippen LogP contribution in [0.25, 0.3) is 49.4 Å². The molecule has 0 radical (unpaired) electrons. The first-order valence-corrected chi connectivity index (χ1v) is 40.7. The summed E-state index contributed by atoms with van der Waals surface area (Å²) < 4.78 is 23.2. The van der Waals surface area contributed by atoms with E-state index >= 15 is 0 Å². The number of hydrogen-bond donors (Lipinski definition) is 8. The first kappa shape index (κ1) is 88.1. The Bertz CT molecular complexity index is 6130. The maximum absolute atomic E-state index is 13.3. The standard InChI is InChI=1S/C33H35N7O2.C29H27ClN6O2.C14H10ClN3O.C14H19N3.C4H9N.ClH/c1-21-9-13-23(14-10-21)40-29(19-28(39-40)33(2,3)4)37-32(41)36-26-15-16-27(25-8-6-5-7-24(25)26)42-30-17-18-34-31(38-30)35-20-22-11-12-22;1-18-9-11-19(12-10-18)36-25(17-24(35-36)29(2,3)4)33-28(37)32-22-13-14-23(21-8-6-5-7-20(21)22)38-26-15-16-31-27(30)34-26;15-14-17-8-7-13(18-14)19-12-6-5-11(16)9-3-1-2-4-10(9)12;1-10-5-7-11(8-6-10)17-13(15)9-12(16-17)14(2,3)4;5-3-4-1-2-4;/h5-10,13-19,22H,11-12,20H2,1-4H3,(H,34,35,38)(H2,36,37,41);5-17H,1-4H3,(H2,32,33,37);1-8H,16H2;5-9H,15H2,1-4H3;4H,1-3,5H2;1H. The smallest absolute Gasteiger partial charge is 0.324 e. The highest BCUT2D eigenvalue weighted by atomic mass is 35.5. The van der Waals surface area contributed by atoms with E-state index < -0.39 is 0 Å². The SMILES string of the molecule is Cc1ccc(-n2nc(C(C)(C)C)cc2N)cc1.Cc1ccc(-n2nc(C(C)(C)C)cc2NC(=O)Nc2ccc(Oc3ccnc(Cl)n3)c3ccccc23)cc1.Cc1ccc(-n2nc(C(C)(C)C)cc2NC(=O)Nc2ccc(Oc3ccnc(NCC4CC4)n3)c3ccccc23)cc1.Cl.NCC1CC1.Nc1ccc(Oc2ccnc(Cl)n2)c2ccccc12.